The number of nitrogens with one attached hydrogen (secondary N) is 3. The van der Waals surface area contributed by atoms with Crippen LogP contribution in [0.15, 0.2) is 0 Å². The second-order valence-corrected chi connectivity index (χ2v) is 3.77. The van der Waals surface area contributed by atoms with Gasteiger partial charge in [0.25, 0.3) is 0 Å². The topological polar surface area (TPSA) is 53.2 Å². The summed E-state index contributed by atoms with van der Waals surface area (Å²) in [7, 11) is 0. The minimum absolute atomic E-state index is 0.0125. The summed E-state index contributed by atoms with van der Waals surface area (Å²) in [5.74, 6) is 0.336. The Balaban J connectivity index is 2.12. The van der Waals surface area contributed by atoms with Gasteiger partial charge in [-0.05, 0) is 18.9 Å². The van der Waals surface area contributed by atoms with Crippen LogP contribution in [0.4, 0.5) is 0 Å². The van der Waals surface area contributed by atoms with Crippen molar-refractivity contribution in [2.45, 2.75) is 11.9 Å². The van der Waals surface area contributed by atoms with E-state index < -0.39 is 0 Å². The largest absolute Gasteiger partial charge is 0.301 e. The fraction of sp³-hybridized carbons (Fsp3) is 0.857. The highest BCUT2D eigenvalue weighted by Gasteiger charge is 2.39. The van der Waals surface area contributed by atoms with Crippen LogP contribution in [0.1, 0.15) is 6.42 Å². The van der Waals surface area contributed by atoms with Gasteiger partial charge in [-0.2, -0.15) is 0 Å². The lowest BCUT2D eigenvalue weighted by Crippen LogP contribution is -2.60. The van der Waals surface area contributed by atoms with Crippen LogP contribution in [0.2, 0.25) is 0 Å². The van der Waals surface area contributed by atoms with Crippen molar-refractivity contribution in [3.8, 4) is 0 Å². The Labute approximate surface area is 76.0 Å². The van der Waals surface area contributed by atoms with Gasteiger partial charge in [0.05, 0.1) is 11.4 Å². The van der Waals surface area contributed by atoms with Crippen LogP contribution in [0.3, 0.4) is 0 Å². The van der Waals surface area contributed by atoms with Crippen LogP contribution in [-0.2, 0) is 4.79 Å². The number of rotatable bonds is 0. The van der Waals surface area contributed by atoms with E-state index in [2.05, 4.69) is 16.2 Å². The monoisotopic (exact) mass is 189 g/mol. The summed E-state index contributed by atoms with van der Waals surface area (Å²) < 4.78 is 0. The average molecular weight is 190 g/mol. The number of fused-ring (bicyclic) bond motifs is 1. The molecule has 68 valence electrons. The molecule has 2 heterocycles. The molecule has 0 aromatic heterocycles. The predicted molar refractivity (Wildman–Crippen MR) is 45.4 cm³/mol. The Hall–Kier alpha value is -0.320. The van der Waals surface area contributed by atoms with E-state index in [1.54, 1.807) is 0 Å². The van der Waals surface area contributed by atoms with Gasteiger partial charge in [0.2, 0.25) is 5.91 Å². The number of hydrogen-bond acceptors (Lipinski definition) is 3. The van der Waals surface area contributed by atoms with Crippen molar-refractivity contribution in [1.29, 1.82) is 0 Å². The van der Waals surface area contributed by atoms with Crippen LogP contribution in [0.5, 0.6) is 0 Å². The summed E-state index contributed by atoms with van der Waals surface area (Å²) in [6.07, 6.45) is 1.02. The van der Waals surface area contributed by atoms with E-state index in [0.717, 1.165) is 19.5 Å². The molecule has 12 heavy (non-hydrogen) atoms. The molecular formula is C7H12ClN3O. The minimum atomic E-state index is -0.203. The van der Waals surface area contributed by atoms with Crippen molar-refractivity contribution in [3.05, 3.63) is 0 Å². The third-order valence-electron chi connectivity index (χ3n) is 2.56. The maximum Gasteiger partial charge on any atom is 0.240 e. The van der Waals surface area contributed by atoms with Crippen LogP contribution in [-0.4, -0.2) is 24.5 Å². The molecular weight excluding hydrogens is 178 g/mol. The van der Waals surface area contributed by atoms with E-state index in [9.17, 15) is 4.79 Å². The number of piperidine rings is 1. The Morgan fingerprint density at radius 1 is 1.50 bits per heavy atom. The highest BCUT2D eigenvalue weighted by atomic mass is 35.5. The highest BCUT2D eigenvalue weighted by molar-refractivity contribution is 6.22. The van der Waals surface area contributed by atoms with Gasteiger partial charge in [0, 0.05) is 6.54 Å². The molecule has 2 saturated heterocycles. The summed E-state index contributed by atoms with van der Waals surface area (Å²) >= 11 is 5.99. The third kappa shape index (κ3) is 1.30. The number of amides is 1. The maximum atomic E-state index is 11.3. The smallest absolute Gasteiger partial charge is 0.240 e. The van der Waals surface area contributed by atoms with Crippen LogP contribution >= 0.6 is 11.6 Å². The van der Waals surface area contributed by atoms with E-state index in [1.807, 2.05) is 0 Å². The molecule has 3 N–H and O–H groups in total. The van der Waals surface area contributed by atoms with Crippen molar-refractivity contribution < 1.29 is 4.79 Å². The van der Waals surface area contributed by atoms with Gasteiger partial charge in [0.15, 0.2) is 0 Å². The van der Waals surface area contributed by atoms with Gasteiger partial charge in [-0.3, -0.25) is 10.2 Å². The Bertz CT molecular complexity index is 197. The molecule has 3 unspecified atom stereocenters. The van der Waals surface area contributed by atoms with Gasteiger partial charge in [0.1, 0.15) is 0 Å². The van der Waals surface area contributed by atoms with Gasteiger partial charge in [-0.1, -0.05) is 0 Å². The van der Waals surface area contributed by atoms with Crippen molar-refractivity contribution in [2.75, 3.05) is 13.1 Å². The van der Waals surface area contributed by atoms with Crippen molar-refractivity contribution in [3.63, 3.8) is 0 Å². The summed E-state index contributed by atoms with van der Waals surface area (Å²) in [6.45, 7) is 1.74. The molecule has 2 fully saturated rings. The quantitative estimate of drug-likeness (QED) is 0.353. The first-order chi connectivity index (χ1) is 5.79. The zero-order chi connectivity index (χ0) is 8.55. The minimum Gasteiger partial charge on any atom is -0.301 e. The number of carbonyl (C=O) groups excluding carboxylic acids is 1. The molecule has 3 atom stereocenters. The first-order valence-corrected chi connectivity index (χ1v) is 4.63. The van der Waals surface area contributed by atoms with E-state index in [-0.39, 0.29) is 17.3 Å². The molecule has 2 aliphatic rings. The van der Waals surface area contributed by atoms with E-state index in [1.165, 1.54) is 0 Å². The molecule has 1 amide bonds. The normalized spacial score (nSPS) is 41.8. The lowest BCUT2D eigenvalue weighted by molar-refractivity contribution is -0.131. The molecule has 0 bridgehead atoms. The van der Waals surface area contributed by atoms with Crippen LogP contribution in [0.25, 0.3) is 0 Å². The maximum absolute atomic E-state index is 11.3. The highest BCUT2D eigenvalue weighted by Crippen LogP contribution is 2.27. The number of alkyl halides is 1. The number of hydrazine groups is 1. The van der Waals surface area contributed by atoms with Gasteiger partial charge in [-0.25, -0.2) is 5.43 Å². The van der Waals surface area contributed by atoms with E-state index in [0.29, 0.717) is 5.92 Å². The Morgan fingerprint density at radius 2 is 2.33 bits per heavy atom. The van der Waals surface area contributed by atoms with E-state index >= 15 is 0 Å². The summed E-state index contributed by atoms with van der Waals surface area (Å²) in [5.41, 5.74) is 5.26. The fourth-order valence-electron chi connectivity index (χ4n) is 1.88. The molecule has 4 nitrogen and oxygen atoms in total. The number of carbonyl (C=O) groups is 1. The number of hydrogen-bond donors (Lipinski definition) is 3. The SMILES string of the molecule is O=C1NNCC2CCNC(Cl)C12. The molecule has 0 radical (unpaired) electrons. The van der Waals surface area contributed by atoms with Gasteiger partial charge < -0.3 is 5.32 Å². The van der Waals surface area contributed by atoms with Crippen molar-refractivity contribution in [2.24, 2.45) is 11.8 Å². The predicted octanol–water partition coefficient (Wildman–Crippen LogP) is -0.589. The molecule has 0 aliphatic carbocycles. The molecule has 0 aromatic carbocycles. The van der Waals surface area contributed by atoms with Crippen LogP contribution < -0.4 is 16.2 Å². The van der Waals surface area contributed by atoms with Crippen molar-refractivity contribution in [1.82, 2.24) is 16.2 Å². The Morgan fingerprint density at radius 3 is 3.08 bits per heavy atom. The fourth-order valence-corrected chi connectivity index (χ4v) is 2.31. The van der Waals surface area contributed by atoms with Gasteiger partial charge >= 0.3 is 0 Å². The number of halogens is 1. The molecule has 5 heteroatoms. The molecule has 0 saturated carbocycles. The Kier molecular flexibility index (Phi) is 2.21. The summed E-state index contributed by atoms with van der Waals surface area (Å²) in [4.78, 5) is 11.3. The van der Waals surface area contributed by atoms with Crippen LogP contribution in [0, 0.1) is 11.8 Å². The lowest BCUT2D eigenvalue weighted by atomic mass is 9.84. The average Bonchev–Trinajstić information content (AvgIpc) is 2.04. The first-order valence-electron chi connectivity index (χ1n) is 4.19. The summed E-state index contributed by atoms with van der Waals surface area (Å²) in [5, 5.41) is 3.09. The zero-order valence-corrected chi connectivity index (χ0v) is 7.40. The molecule has 0 spiro atoms. The second-order valence-electron chi connectivity index (χ2n) is 3.30. The second kappa shape index (κ2) is 3.20. The lowest BCUT2D eigenvalue weighted by Gasteiger charge is -2.38. The first kappa shape index (κ1) is 8.29. The molecule has 2 rings (SSSR count). The summed E-state index contributed by atoms with van der Waals surface area (Å²) in [6, 6.07) is 0. The molecule has 2 aliphatic heterocycles. The van der Waals surface area contributed by atoms with E-state index in [4.69, 9.17) is 11.6 Å². The zero-order valence-electron chi connectivity index (χ0n) is 6.64. The van der Waals surface area contributed by atoms with Crippen molar-refractivity contribution >= 4 is 17.5 Å². The van der Waals surface area contributed by atoms with Gasteiger partial charge in [-0.15, -0.1) is 11.6 Å². The standard InChI is InChI=1S/C7H12ClN3O/c8-6-5-4(1-2-9-6)3-10-11-7(5)12/h4-6,9-10H,1-3H2,(H,11,12). The molecule has 0 aromatic rings. The third-order valence-corrected chi connectivity index (χ3v) is 2.98.